The van der Waals surface area contributed by atoms with E-state index in [1.54, 1.807) is 6.33 Å². The summed E-state index contributed by atoms with van der Waals surface area (Å²) in [6.07, 6.45) is 10.00. The van der Waals surface area contributed by atoms with E-state index in [1.165, 1.54) is 37.7 Å². The molecule has 2 N–H and O–H groups in total. The number of fused-ring (bicyclic) bond motifs is 1. The van der Waals surface area contributed by atoms with Gasteiger partial charge in [0.25, 0.3) is 0 Å². The van der Waals surface area contributed by atoms with E-state index in [-0.39, 0.29) is 6.04 Å². The molecule has 1 aromatic carbocycles. The molecule has 1 saturated carbocycles. The Morgan fingerprint density at radius 2 is 2.03 bits per heavy atom. The van der Waals surface area contributed by atoms with Crippen LogP contribution in [0.15, 0.2) is 35.6 Å². The van der Waals surface area contributed by atoms with Gasteiger partial charge in [0.15, 0.2) is 5.96 Å². The van der Waals surface area contributed by atoms with E-state index < -0.39 is 0 Å². The molecule has 1 unspecified atom stereocenters. The number of para-hydroxylation sites is 1. The van der Waals surface area contributed by atoms with Crippen molar-refractivity contribution in [1.82, 2.24) is 25.4 Å². The maximum absolute atomic E-state index is 5.82. The fourth-order valence-corrected chi connectivity index (χ4v) is 4.24. The van der Waals surface area contributed by atoms with Crippen molar-refractivity contribution in [3.63, 3.8) is 0 Å². The molecule has 1 atom stereocenters. The highest BCUT2D eigenvalue weighted by molar-refractivity contribution is 5.80. The molecule has 7 heteroatoms. The van der Waals surface area contributed by atoms with Gasteiger partial charge < -0.3 is 19.9 Å². The van der Waals surface area contributed by atoms with Gasteiger partial charge in [0.05, 0.1) is 19.2 Å². The predicted molar refractivity (Wildman–Crippen MR) is 114 cm³/mol. The summed E-state index contributed by atoms with van der Waals surface area (Å²) in [4.78, 5) is 4.91. The summed E-state index contributed by atoms with van der Waals surface area (Å²) < 4.78 is 7.91. The first kappa shape index (κ1) is 19.7. The quantitative estimate of drug-likeness (QED) is 0.579. The molecule has 0 spiro atoms. The van der Waals surface area contributed by atoms with Crippen LogP contribution in [-0.2, 0) is 13.0 Å². The van der Waals surface area contributed by atoms with E-state index in [0.29, 0.717) is 12.6 Å². The smallest absolute Gasteiger partial charge is 0.192 e. The van der Waals surface area contributed by atoms with Crippen molar-refractivity contribution >= 4 is 5.96 Å². The van der Waals surface area contributed by atoms with Crippen LogP contribution in [0.3, 0.4) is 0 Å². The summed E-state index contributed by atoms with van der Waals surface area (Å²) in [6.45, 7) is 4.31. The zero-order chi connectivity index (χ0) is 19.9. The minimum atomic E-state index is 0.218. The molecule has 1 aliphatic carbocycles. The molecule has 2 aliphatic rings. The number of aliphatic imine (C=N–C) groups is 1. The van der Waals surface area contributed by atoms with Gasteiger partial charge >= 0.3 is 0 Å². The van der Waals surface area contributed by atoms with Crippen LogP contribution in [0.2, 0.25) is 0 Å². The van der Waals surface area contributed by atoms with E-state index in [1.807, 2.05) is 12.1 Å². The first-order valence-electron chi connectivity index (χ1n) is 11.0. The van der Waals surface area contributed by atoms with Gasteiger partial charge in [-0.1, -0.05) is 44.4 Å². The molecule has 2 aromatic rings. The lowest BCUT2D eigenvalue weighted by Gasteiger charge is -2.30. The van der Waals surface area contributed by atoms with Gasteiger partial charge in [0, 0.05) is 31.0 Å². The van der Waals surface area contributed by atoms with Crippen LogP contribution in [0.4, 0.5) is 0 Å². The highest BCUT2D eigenvalue weighted by Crippen LogP contribution is 2.31. The van der Waals surface area contributed by atoms with E-state index >= 15 is 0 Å². The second-order valence-corrected chi connectivity index (χ2v) is 7.88. The molecule has 7 nitrogen and oxygen atoms in total. The Bertz CT molecular complexity index is 811. The van der Waals surface area contributed by atoms with Gasteiger partial charge in [-0.15, -0.1) is 10.2 Å². The molecule has 2 heterocycles. The predicted octanol–water partition coefficient (Wildman–Crippen LogP) is 3.23. The average Bonchev–Trinajstić information content (AvgIpc) is 3.22. The standard InChI is InChI=1S/C22H32N6O/c1-2-21-27-24-16-28(21)14-13-23-22(25-17-8-4-3-5-9-17)26-19-12-15-29-20-11-7-6-10-18(19)20/h6-7,10-11,16-17,19H,2-5,8-9,12-15H2,1H3,(H2,23,25,26). The first-order chi connectivity index (χ1) is 14.3. The fourth-order valence-electron chi connectivity index (χ4n) is 4.24. The molecule has 0 amide bonds. The molecule has 156 valence electrons. The van der Waals surface area contributed by atoms with Crippen molar-refractivity contribution in [2.45, 2.75) is 70.5 Å². The number of rotatable bonds is 6. The van der Waals surface area contributed by atoms with E-state index in [4.69, 9.17) is 9.73 Å². The van der Waals surface area contributed by atoms with Gasteiger partial charge in [0.2, 0.25) is 0 Å². The summed E-state index contributed by atoms with van der Waals surface area (Å²) in [5.74, 6) is 2.89. The van der Waals surface area contributed by atoms with Crippen molar-refractivity contribution < 1.29 is 4.74 Å². The van der Waals surface area contributed by atoms with Crippen LogP contribution in [0, 0.1) is 0 Å². The molecule has 4 rings (SSSR count). The van der Waals surface area contributed by atoms with E-state index in [2.05, 4.69) is 44.5 Å². The third-order valence-electron chi connectivity index (χ3n) is 5.84. The van der Waals surface area contributed by atoms with E-state index in [9.17, 15) is 0 Å². The summed E-state index contributed by atoms with van der Waals surface area (Å²) in [5.41, 5.74) is 1.21. The minimum absolute atomic E-state index is 0.218. The molecule has 1 fully saturated rings. The zero-order valence-corrected chi connectivity index (χ0v) is 17.3. The number of aryl methyl sites for hydroxylation is 1. The molecular formula is C22H32N6O. The topological polar surface area (TPSA) is 76.4 Å². The molecule has 0 radical (unpaired) electrons. The molecular weight excluding hydrogens is 364 g/mol. The monoisotopic (exact) mass is 396 g/mol. The lowest BCUT2D eigenvalue weighted by atomic mass is 9.95. The molecule has 0 bridgehead atoms. The molecule has 1 aromatic heterocycles. The lowest BCUT2D eigenvalue weighted by Crippen LogP contribution is -2.46. The van der Waals surface area contributed by atoms with Crippen molar-refractivity contribution in [1.29, 1.82) is 0 Å². The van der Waals surface area contributed by atoms with E-state index in [0.717, 1.165) is 43.5 Å². The molecule has 29 heavy (non-hydrogen) atoms. The highest BCUT2D eigenvalue weighted by Gasteiger charge is 2.23. The second-order valence-electron chi connectivity index (χ2n) is 7.88. The normalized spacial score (nSPS) is 20.0. The minimum Gasteiger partial charge on any atom is -0.493 e. The van der Waals surface area contributed by atoms with Crippen molar-refractivity contribution in [2.75, 3.05) is 13.2 Å². The number of nitrogens with one attached hydrogen (secondary N) is 2. The van der Waals surface area contributed by atoms with Gasteiger partial charge in [-0.3, -0.25) is 4.99 Å². The Balaban J connectivity index is 1.46. The van der Waals surface area contributed by atoms with Gasteiger partial charge in [-0.05, 0) is 18.9 Å². The largest absolute Gasteiger partial charge is 0.493 e. The van der Waals surface area contributed by atoms with Crippen LogP contribution in [-0.4, -0.2) is 39.9 Å². The second kappa shape index (κ2) is 9.76. The highest BCUT2D eigenvalue weighted by atomic mass is 16.5. The third-order valence-corrected chi connectivity index (χ3v) is 5.84. The third kappa shape index (κ3) is 5.08. The van der Waals surface area contributed by atoms with Crippen LogP contribution < -0.4 is 15.4 Å². The van der Waals surface area contributed by atoms with Crippen molar-refractivity contribution in [3.8, 4) is 5.75 Å². The summed E-state index contributed by atoms with van der Waals surface area (Å²) in [6, 6.07) is 9.02. The Kier molecular flexibility index (Phi) is 6.64. The molecule has 1 aliphatic heterocycles. The zero-order valence-electron chi connectivity index (χ0n) is 17.3. The number of nitrogens with zero attached hydrogens (tertiary/aromatic N) is 4. The summed E-state index contributed by atoms with van der Waals surface area (Å²) >= 11 is 0. The van der Waals surface area contributed by atoms with Crippen LogP contribution in [0.1, 0.15) is 62.9 Å². The summed E-state index contributed by atoms with van der Waals surface area (Å²) in [5, 5.41) is 15.6. The number of benzene rings is 1. The van der Waals surface area contributed by atoms with Crippen LogP contribution in [0.5, 0.6) is 5.75 Å². The number of hydrogen-bond donors (Lipinski definition) is 2. The fraction of sp³-hybridized carbons (Fsp3) is 0.591. The van der Waals surface area contributed by atoms with Crippen molar-refractivity contribution in [2.24, 2.45) is 4.99 Å². The Labute approximate surface area is 173 Å². The van der Waals surface area contributed by atoms with Gasteiger partial charge in [-0.2, -0.15) is 0 Å². The number of ether oxygens (including phenoxy) is 1. The van der Waals surface area contributed by atoms with Gasteiger partial charge in [0.1, 0.15) is 17.9 Å². The van der Waals surface area contributed by atoms with Crippen LogP contribution >= 0.6 is 0 Å². The number of aromatic nitrogens is 3. The number of guanidine groups is 1. The first-order valence-corrected chi connectivity index (χ1v) is 11.0. The van der Waals surface area contributed by atoms with Gasteiger partial charge in [-0.25, -0.2) is 0 Å². The molecule has 0 saturated heterocycles. The SMILES string of the molecule is CCc1nncn1CCN=C(NC1CCCCC1)NC1CCOc2ccccc21. The lowest BCUT2D eigenvalue weighted by molar-refractivity contribution is 0.261. The Hall–Kier alpha value is -2.57. The maximum Gasteiger partial charge on any atom is 0.192 e. The Morgan fingerprint density at radius 3 is 2.90 bits per heavy atom. The summed E-state index contributed by atoms with van der Waals surface area (Å²) in [7, 11) is 0. The maximum atomic E-state index is 5.82. The Morgan fingerprint density at radius 1 is 1.17 bits per heavy atom. The van der Waals surface area contributed by atoms with Crippen molar-refractivity contribution in [3.05, 3.63) is 42.0 Å². The van der Waals surface area contributed by atoms with Crippen LogP contribution in [0.25, 0.3) is 0 Å². The average molecular weight is 397 g/mol. The number of hydrogen-bond acceptors (Lipinski definition) is 4.